The third-order valence-electron chi connectivity index (χ3n) is 3.98. The maximum Gasteiger partial charge on any atom is 0.269 e. The number of H-pyrrole nitrogens is 1. The van der Waals surface area contributed by atoms with E-state index in [9.17, 15) is 4.79 Å². The molecule has 0 saturated heterocycles. The molecule has 1 atom stereocenters. The molecule has 0 bridgehead atoms. The smallest absolute Gasteiger partial charge is 0.269 e. The van der Waals surface area contributed by atoms with Gasteiger partial charge in [0.2, 0.25) is 0 Å². The molecule has 1 aromatic heterocycles. The average molecular weight is 319 g/mol. The van der Waals surface area contributed by atoms with Crippen molar-refractivity contribution < 1.29 is 4.79 Å². The molecule has 4 heteroatoms. The van der Waals surface area contributed by atoms with Crippen LogP contribution in [0.25, 0.3) is 11.3 Å². The first-order valence-corrected chi connectivity index (χ1v) is 8.18. The van der Waals surface area contributed by atoms with Crippen LogP contribution in [-0.2, 0) is 6.42 Å². The van der Waals surface area contributed by atoms with Gasteiger partial charge in [-0.05, 0) is 31.4 Å². The van der Waals surface area contributed by atoms with Crippen molar-refractivity contribution in [2.24, 2.45) is 0 Å². The molecule has 0 aliphatic carbocycles. The van der Waals surface area contributed by atoms with Gasteiger partial charge >= 0.3 is 0 Å². The quantitative estimate of drug-likeness (QED) is 0.725. The Balaban J connectivity index is 1.56. The van der Waals surface area contributed by atoms with Gasteiger partial charge in [0.05, 0.1) is 5.69 Å². The number of aromatic nitrogens is 2. The van der Waals surface area contributed by atoms with Crippen molar-refractivity contribution in [3.05, 3.63) is 78.0 Å². The highest BCUT2D eigenvalue weighted by atomic mass is 16.2. The van der Waals surface area contributed by atoms with Crippen LogP contribution in [0.2, 0.25) is 0 Å². The number of benzene rings is 2. The standard InChI is InChI=1S/C20H21N3O/c1-15(12-13-16-8-4-2-5-9-16)21-20(24)19-14-18(22-23-19)17-10-6-3-7-11-17/h2-11,14-15H,12-13H2,1H3,(H,21,24)(H,22,23)/t15-/m1/s1. The minimum atomic E-state index is -0.120. The Morgan fingerprint density at radius 3 is 2.46 bits per heavy atom. The van der Waals surface area contributed by atoms with Crippen molar-refractivity contribution in [3.8, 4) is 11.3 Å². The summed E-state index contributed by atoms with van der Waals surface area (Å²) in [6.45, 7) is 2.02. The third-order valence-corrected chi connectivity index (χ3v) is 3.98. The summed E-state index contributed by atoms with van der Waals surface area (Å²) < 4.78 is 0. The maximum atomic E-state index is 12.3. The fraction of sp³-hybridized carbons (Fsp3) is 0.200. The van der Waals surface area contributed by atoms with Crippen molar-refractivity contribution >= 4 is 5.91 Å². The van der Waals surface area contributed by atoms with E-state index in [-0.39, 0.29) is 11.9 Å². The van der Waals surface area contributed by atoms with Crippen LogP contribution in [0, 0.1) is 0 Å². The molecule has 2 aromatic carbocycles. The van der Waals surface area contributed by atoms with Gasteiger partial charge in [-0.15, -0.1) is 0 Å². The van der Waals surface area contributed by atoms with Gasteiger partial charge in [-0.25, -0.2) is 0 Å². The molecule has 0 radical (unpaired) electrons. The summed E-state index contributed by atoms with van der Waals surface area (Å²) in [5.41, 5.74) is 3.54. The highest BCUT2D eigenvalue weighted by Crippen LogP contribution is 2.17. The van der Waals surface area contributed by atoms with Crippen molar-refractivity contribution in [2.75, 3.05) is 0 Å². The molecule has 122 valence electrons. The SMILES string of the molecule is C[C@H](CCc1ccccc1)NC(=O)c1cc(-c2ccccc2)n[nH]1. The molecule has 24 heavy (non-hydrogen) atoms. The van der Waals surface area contributed by atoms with E-state index < -0.39 is 0 Å². The van der Waals surface area contributed by atoms with Crippen LogP contribution in [0.15, 0.2) is 66.7 Å². The summed E-state index contributed by atoms with van der Waals surface area (Å²) >= 11 is 0. The number of nitrogens with zero attached hydrogens (tertiary/aromatic N) is 1. The Morgan fingerprint density at radius 2 is 1.75 bits per heavy atom. The molecule has 0 aliphatic heterocycles. The van der Waals surface area contributed by atoms with E-state index in [1.165, 1.54) is 5.56 Å². The van der Waals surface area contributed by atoms with Gasteiger partial charge in [0.25, 0.3) is 5.91 Å². The van der Waals surface area contributed by atoms with E-state index in [1.807, 2.05) is 55.5 Å². The van der Waals surface area contributed by atoms with Gasteiger partial charge in [0.15, 0.2) is 0 Å². The summed E-state index contributed by atoms with van der Waals surface area (Å²) in [5, 5.41) is 10.1. The lowest BCUT2D eigenvalue weighted by Crippen LogP contribution is -2.33. The van der Waals surface area contributed by atoms with Gasteiger partial charge in [-0.1, -0.05) is 60.7 Å². The Hall–Kier alpha value is -2.88. The van der Waals surface area contributed by atoms with E-state index in [2.05, 4.69) is 27.6 Å². The summed E-state index contributed by atoms with van der Waals surface area (Å²) in [4.78, 5) is 12.3. The zero-order chi connectivity index (χ0) is 16.8. The predicted molar refractivity (Wildman–Crippen MR) is 95.7 cm³/mol. The second kappa shape index (κ2) is 7.59. The van der Waals surface area contributed by atoms with E-state index in [1.54, 1.807) is 6.07 Å². The van der Waals surface area contributed by atoms with E-state index >= 15 is 0 Å². The Kier molecular flexibility index (Phi) is 5.06. The molecule has 4 nitrogen and oxygen atoms in total. The van der Waals surface area contributed by atoms with Crippen LogP contribution in [0.4, 0.5) is 0 Å². The molecule has 0 unspecified atom stereocenters. The van der Waals surface area contributed by atoms with Crippen molar-refractivity contribution in [2.45, 2.75) is 25.8 Å². The zero-order valence-electron chi connectivity index (χ0n) is 13.7. The molecule has 3 rings (SSSR count). The van der Waals surface area contributed by atoms with Crippen LogP contribution in [-0.4, -0.2) is 22.1 Å². The summed E-state index contributed by atoms with van der Waals surface area (Å²) in [6, 6.07) is 22.0. The Morgan fingerprint density at radius 1 is 1.08 bits per heavy atom. The summed E-state index contributed by atoms with van der Waals surface area (Å²) in [6.07, 6.45) is 1.84. The molecule has 0 aliphatic rings. The minimum Gasteiger partial charge on any atom is -0.348 e. The van der Waals surface area contributed by atoms with Gasteiger partial charge < -0.3 is 5.32 Å². The summed E-state index contributed by atoms with van der Waals surface area (Å²) in [5.74, 6) is -0.120. The number of carbonyl (C=O) groups excluding carboxylic acids is 1. The molecule has 3 aromatic rings. The molecule has 0 spiro atoms. The number of nitrogens with one attached hydrogen (secondary N) is 2. The maximum absolute atomic E-state index is 12.3. The fourth-order valence-electron chi connectivity index (χ4n) is 2.60. The van der Waals surface area contributed by atoms with Crippen LogP contribution < -0.4 is 5.32 Å². The lowest BCUT2D eigenvalue weighted by molar-refractivity contribution is 0.0933. The van der Waals surface area contributed by atoms with Crippen LogP contribution in [0.3, 0.4) is 0 Å². The monoisotopic (exact) mass is 319 g/mol. The van der Waals surface area contributed by atoms with Gasteiger partial charge in [0.1, 0.15) is 5.69 Å². The van der Waals surface area contributed by atoms with Crippen molar-refractivity contribution in [3.63, 3.8) is 0 Å². The summed E-state index contributed by atoms with van der Waals surface area (Å²) in [7, 11) is 0. The molecule has 0 saturated carbocycles. The molecule has 0 fully saturated rings. The third kappa shape index (κ3) is 4.10. The number of aryl methyl sites for hydroxylation is 1. The Labute approximate surface area is 141 Å². The van der Waals surface area contributed by atoms with E-state index in [4.69, 9.17) is 0 Å². The van der Waals surface area contributed by atoms with Gasteiger partial charge in [-0.3, -0.25) is 9.89 Å². The van der Waals surface area contributed by atoms with Gasteiger partial charge in [-0.2, -0.15) is 5.10 Å². The number of rotatable bonds is 6. The number of aromatic amines is 1. The number of carbonyl (C=O) groups is 1. The molecule has 2 N–H and O–H groups in total. The minimum absolute atomic E-state index is 0.0983. The van der Waals surface area contributed by atoms with Crippen molar-refractivity contribution in [1.29, 1.82) is 0 Å². The Bertz CT molecular complexity index is 781. The second-order valence-electron chi connectivity index (χ2n) is 5.93. The first-order valence-electron chi connectivity index (χ1n) is 8.18. The average Bonchev–Trinajstić information content (AvgIpc) is 3.12. The highest BCUT2D eigenvalue weighted by Gasteiger charge is 2.13. The first-order chi connectivity index (χ1) is 11.7. The molecular formula is C20H21N3O. The van der Waals surface area contributed by atoms with Crippen LogP contribution in [0.5, 0.6) is 0 Å². The van der Waals surface area contributed by atoms with Crippen LogP contribution >= 0.6 is 0 Å². The zero-order valence-corrected chi connectivity index (χ0v) is 13.7. The normalized spacial score (nSPS) is 11.9. The predicted octanol–water partition coefficient (Wildman–Crippen LogP) is 3.83. The molecular weight excluding hydrogens is 298 g/mol. The molecule has 1 amide bonds. The van der Waals surface area contributed by atoms with Gasteiger partial charge in [0, 0.05) is 11.6 Å². The van der Waals surface area contributed by atoms with Crippen molar-refractivity contribution in [1.82, 2.24) is 15.5 Å². The van der Waals surface area contributed by atoms with E-state index in [0.717, 1.165) is 24.1 Å². The lowest BCUT2D eigenvalue weighted by Gasteiger charge is -2.13. The number of hydrogen-bond acceptors (Lipinski definition) is 2. The fourth-order valence-corrected chi connectivity index (χ4v) is 2.60. The molecule has 1 heterocycles. The highest BCUT2D eigenvalue weighted by molar-refractivity contribution is 5.93. The largest absolute Gasteiger partial charge is 0.348 e. The topological polar surface area (TPSA) is 57.8 Å². The number of amides is 1. The lowest BCUT2D eigenvalue weighted by atomic mass is 10.1. The second-order valence-corrected chi connectivity index (χ2v) is 5.93. The first kappa shape index (κ1) is 16.0. The van der Waals surface area contributed by atoms with E-state index in [0.29, 0.717) is 5.69 Å². The van der Waals surface area contributed by atoms with Crippen LogP contribution in [0.1, 0.15) is 29.4 Å². The number of hydrogen-bond donors (Lipinski definition) is 2.